The maximum Gasteiger partial charge on any atom is 0.193 e. The zero-order chi connectivity index (χ0) is 13.5. The van der Waals surface area contributed by atoms with Crippen molar-refractivity contribution in [1.82, 2.24) is 10.2 Å². The van der Waals surface area contributed by atoms with Crippen LogP contribution in [0.1, 0.15) is 34.6 Å². The smallest absolute Gasteiger partial charge is 0.193 e. The quantitative estimate of drug-likeness (QED) is 0.629. The summed E-state index contributed by atoms with van der Waals surface area (Å²) in [6.45, 7) is 15.3. The van der Waals surface area contributed by atoms with Crippen molar-refractivity contribution in [2.45, 2.75) is 39.9 Å². The Morgan fingerprint density at radius 1 is 1.39 bits per heavy atom. The van der Waals surface area contributed by atoms with E-state index < -0.39 is 0 Å². The fraction of sp³-hybridized carbons (Fsp3) is 0.929. The number of hydrogen-bond acceptors (Lipinski definition) is 2. The molecule has 106 valence electrons. The van der Waals surface area contributed by atoms with Crippen molar-refractivity contribution in [3.63, 3.8) is 0 Å². The molecular formula is C14H29N3S. The summed E-state index contributed by atoms with van der Waals surface area (Å²) in [5, 5.41) is 4.17. The van der Waals surface area contributed by atoms with Crippen LogP contribution in [0.4, 0.5) is 0 Å². The highest BCUT2D eigenvalue weighted by Crippen LogP contribution is 2.24. The van der Waals surface area contributed by atoms with Gasteiger partial charge in [0.05, 0.1) is 0 Å². The van der Waals surface area contributed by atoms with Gasteiger partial charge >= 0.3 is 0 Å². The van der Waals surface area contributed by atoms with E-state index in [0.29, 0.717) is 5.92 Å². The molecule has 0 aromatic carbocycles. The standard InChI is InChI=1S/C14H29N3S/c1-6-15-14(16-9-11(2)3)17-7-8-18-13(10-17)12(4)5/h11-13H,6-10H2,1-5H3,(H,15,16). The van der Waals surface area contributed by atoms with Crippen molar-refractivity contribution in [1.29, 1.82) is 0 Å². The molecule has 0 aliphatic carbocycles. The van der Waals surface area contributed by atoms with Gasteiger partial charge in [-0.05, 0) is 18.8 Å². The first-order valence-corrected chi connectivity index (χ1v) is 8.24. The van der Waals surface area contributed by atoms with E-state index in [9.17, 15) is 0 Å². The minimum atomic E-state index is 0.624. The van der Waals surface area contributed by atoms with Crippen LogP contribution in [0.25, 0.3) is 0 Å². The van der Waals surface area contributed by atoms with E-state index in [-0.39, 0.29) is 0 Å². The van der Waals surface area contributed by atoms with Gasteiger partial charge in [0.25, 0.3) is 0 Å². The molecule has 1 heterocycles. The molecule has 1 aliphatic rings. The Hall–Kier alpha value is -0.380. The maximum absolute atomic E-state index is 4.75. The van der Waals surface area contributed by atoms with Gasteiger partial charge in [0, 0.05) is 37.2 Å². The van der Waals surface area contributed by atoms with Crippen molar-refractivity contribution in [2.75, 3.05) is 31.9 Å². The molecule has 4 heteroatoms. The summed E-state index contributed by atoms with van der Waals surface area (Å²) in [4.78, 5) is 7.19. The average molecular weight is 271 g/mol. The zero-order valence-electron chi connectivity index (χ0n) is 12.6. The third-order valence-corrected chi connectivity index (χ3v) is 4.62. The first kappa shape index (κ1) is 15.7. The van der Waals surface area contributed by atoms with E-state index in [1.807, 2.05) is 0 Å². The number of nitrogens with one attached hydrogen (secondary N) is 1. The lowest BCUT2D eigenvalue weighted by Crippen LogP contribution is -2.49. The lowest BCUT2D eigenvalue weighted by molar-refractivity contribution is 0.380. The van der Waals surface area contributed by atoms with Crippen molar-refractivity contribution < 1.29 is 0 Å². The van der Waals surface area contributed by atoms with E-state index >= 15 is 0 Å². The first-order chi connectivity index (χ1) is 8.54. The van der Waals surface area contributed by atoms with Crippen LogP contribution >= 0.6 is 11.8 Å². The fourth-order valence-corrected chi connectivity index (χ4v) is 3.26. The molecule has 0 spiro atoms. The molecule has 0 amide bonds. The van der Waals surface area contributed by atoms with Gasteiger partial charge in [-0.1, -0.05) is 27.7 Å². The third-order valence-electron chi connectivity index (χ3n) is 3.08. The van der Waals surface area contributed by atoms with E-state index in [4.69, 9.17) is 4.99 Å². The molecule has 1 aliphatic heterocycles. The number of hydrogen-bond donors (Lipinski definition) is 1. The monoisotopic (exact) mass is 271 g/mol. The number of rotatable bonds is 4. The number of nitrogens with zero attached hydrogens (tertiary/aromatic N) is 2. The minimum Gasteiger partial charge on any atom is -0.357 e. The molecule has 1 fully saturated rings. The van der Waals surface area contributed by atoms with Crippen LogP contribution in [-0.2, 0) is 0 Å². The molecule has 1 unspecified atom stereocenters. The lowest BCUT2D eigenvalue weighted by atomic mass is 10.1. The molecule has 18 heavy (non-hydrogen) atoms. The summed E-state index contributed by atoms with van der Waals surface area (Å²) >= 11 is 2.11. The van der Waals surface area contributed by atoms with E-state index in [1.165, 1.54) is 5.75 Å². The van der Waals surface area contributed by atoms with Crippen molar-refractivity contribution in [3.8, 4) is 0 Å². The van der Waals surface area contributed by atoms with Gasteiger partial charge in [0.2, 0.25) is 0 Å². The summed E-state index contributed by atoms with van der Waals surface area (Å²) in [5.74, 6) is 3.69. The van der Waals surface area contributed by atoms with Crippen molar-refractivity contribution >= 4 is 17.7 Å². The molecular weight excluding hydrogens is 242 g/mol. The molecule has 0 aromatic heterocycles. The summed E-state index contributed by atoms with van der Waals surface area (Å²) < 4.78 is 0. The van der Waals surface area contributed by atoms with Gasteiger partial charge in [-0.3, -0.25) is 4.99 Å². The molecule has 1 saturated heterocycles. The Kier molecular flexibility index (Phi) is 6.90. The number of guanidine groups is 1. The largest absolute Gasteiger partial charge is 0.357 e. The second kappa shape index (κ2) is 7.93. The summed E-state index contributed by atoms with van der Waals surface area (Å²) in [7, 11) is 0. The normalized spacial score (nSPS) is 21.8. The van der Waals surface area contributed by atoms with Gasteiger partial charge in [-0.2, -0.15) is 11.8 Å². The van der Waals surface area contributed by atoms with Crippen molar-refractivity contribution in [3.05, 3.63) is 0 Å². The molecule has 0 saturated carbocycles. The predicted molar refractivity (Wildman–Crippen MR) is 83.5 cm³/mol. The zero-order valence-corrected chi connectivity index (χ0v) is 13.4. The second-order valence-corrected chi connectivity index (χ2v) is 7.03. The van der Waals surface area contributed by atoms with Crippen LogP contribution in [0.15, 0.2) is 4.99 Å². The van der Waals surface area contributed by atoms with Gasteiger partial charge in [-0.15, -0.1) is 0 Å². The van der Waals surface area contributed by atoms with Gasteiger partial charge in [0.15, 0.2) is 5.96 Å². The summed E-state index contributed by atoms with van der Waals surface area (Å²) in [5.41, 5.74) is 0. The molecule has 0 radical (unpaired) electrons. The third kappa shape index (κ3) is 5.09. The second-order valence-electron chi connectivity index (χ2n) is 5.69. The Bertz CT molecular complexity index is 264. The Labute approximate surface area is 117 Å². The number of thioether (sulfide) groups is 1. The Morgan fingerprint density at radius 3 is 2.67 bits per heavy atom. The van der Waals surface area contributed by atoms with Crippen LogP contribution < -0.4 is 5.32 Å². The molecule has 0 aromatic rings. The molecule has 1 atom stereocenters. The molecule has 0 bridgehead atoms. The highest BCUT2D eigenvalue weighted by Gasteiger charge is 2.24. The summed E-state index contributed by atoms with van der Waals surface area (Å²) in [6, 6.07) is 0. The van der Waals surface area contributed by atoms with Crippen LogP contribution in [-0.4, -0.2) is 48.0 Å². The lowest BCUT2D eigenvalue weighted by Gasteiger charge is -2.36. The molecule has 1 rings (SSSR count). The summed E-state index contributed by atoms with van der Waals surface area (Å²) in [6.07, 6.45) is 0. The van der Waals surface area contributed by atoms with Crippen LogP contribution in [0.5, 0.6) is 0 Å². The van der Waals surface area contributed by atoms with Crippen LogP contribution in [0.3, 0.4) is 0 Å². The van der Waals surface area contributed by atoms with Crippen LogP contribution in [0.2, 0.25) is 0 Å². The molecule has 3 nitrogen and oxygen atoms in total. The van der Waals surface area contributed by atoms with E-state index in [2.05, 4.69) is 56.6 Å². The minimum absolute atomic E-state index is 0.624. The highest BCUT2D eigenvalue weighted by atomic mass is 32.2. The maximum atomic E-state index is 4.75. The number of aliphatic imine (C=N–C) groups is 1. The average Bonchev–Trinajstić information content (AvgIpc) is 2.34. The highest BCUT2D eigenvalue weighted by molar-refractivity contribution is 8.00. The Balaban J connectivity index is 2.63. The predicted octanol–water partition coefficient (Wildman–Crippen LogP) is 2.68. The SMILES string of the molecule is CCNC(=NCC(C)C)N1CCSC(C(C)C)C1. The van der Waals surface area contributed by atoms with E-state index in [1.54, 1.807) is 0 Å². The first-order valence-electron chi connectivity index (χ1n) is 7.19. The topological polar surface area (TPSA) is 27.6 Å². The van der Waals surface area contributed by atoms with Gasteiger partial charge < -0.3 is 10.2 Å². The molecule has 1 N–H and O–H groups in total. The van der Waals surface area contributed by atoms with E-state index in [0.717, 1.165) is 43.3 Å². The van der Waals surface area contributed by atoms with Gasteiger partial charge in [-0.25, -0.2) is 0 Å². The van der Waals surface area contributed by atoms with Gasteiger partial charge in [0.1, 0.15) is 0 Å². The Morgan fingerprint density at radius 2 is 2.11 bits per heavy atom. The van der Waals surface area contributed by atoms with Crippen molar-refractivity contribution in [2.24, 2.45) is 16.8 Å². The fourth-order valence-electron chi connectivity index (χ4n) is 1.97. The van der Waals surface area contributed by atoms with Crippen LogP contribution in [0, 0.1) is 11.8 Å².